The van der Waals surface area contributed by atoms with Gasteiger partial charge in [-0.3, -0.25) is 14.3 Å². The van der Waals surface area contributed by atoms with E-state index < -0.39 is 17.7 Å². The summed E-state index contributed by atoms with van der Waals surface area (Å²) >= 11 is 0. The van der Waals surface area contributed by atoms with Crippen molar-refractivity contribution in [3.05, 3.63) is 71.0 Å². The zero-order valence-electron chi connectivity index (χ0n) is 17.4. The molecule has 0 fully saturated rings. The van der Waals surface area contributed by atoms with Gasteiger partial charge in [-0.15, -0.1) is 0 Å². The van der Waals surface area contributed by atoms with E-state index in [1.165, 1.54) is 0 Å². The molecule has 3 rings (SSSR count). The van der Waals surface area contributed by atoms with E-state index in [0.29, 0.717) is 11.4 Å². The summed E-state index contributed by atoms with van der Waals surface area (Å²) in [5.74, 6) is -2.13. The Labute approximate surface area is 174 Å². The SMILES string of the molecule is CCOC(=O)c1cc(-c2ccccc2)ccc1NC(=O)C(=O)c1c(C)nn(C)c1C. The first-order valence-corrected chi connectivity index (χ1v) is 9.56. The van der Waals surface area contributed by atoms with E-state index in [2.05, 4.69) is 10.4 Å². The summed E-state index contributed by atoms with van der Waals surface area (Å²) in [4.78, 5) is 37.9. The molecule has 0 unspecified atom stereocenters. The smallest absolute Gasteiger partial charge is 0.340 e. The summed E-state index contributed by atoms with van der Waals surface area (Å²) in [7, 11) is 1.71. The third-order valence-corrected chi connectivity index (χ3v) is 4.81. The van der Waals surface area contributed by atoms with Crippen LogP contribution in [0.4, 0.5) is 5.69 Å². The van der Waals surface area contributed by atoms with Crippen molar-refractivity contribution in [1.29, 1.82) is 0 Å². The first kappa shape index (κ1) is 21.0. The van der Waals surface area contributed by atoms with E-state index in [1.54, 1.807) is 50.7 Å². The number of amides is 1. The normalized spacial score (nSPS) is 10.5. The van der Waals surface area contributed by atoms with Gasteiger partial charge in [0.05, 0.1) is 29.1 Å². The minimum Gasteiger partial charge on any atom is -0.462 e. The van der Waals surface area contributed by atoms with Crippen molar-refractivity contribution in [2.45, 2.75) is 20.8 Å². The predicted octanol–water partition coefficient (Wildman–Crippen LogP) is 3.70. The number of ketones is 1. The van der Waals surface area contributed by atoms with Crippen LogP contribution in [0.1, 0.15) is 39.0 Å². The topological polar surface area (TPSA) is 90.3 Å². The van der Waals surface area contributed by atoms with E-state index in [0.717, 1.165) is 11.1 Å². The van der Waals surface area contributed by atoms with Gasteiger partial charge in [0.15, 0.2) is 0 Å². The maximum atomic E-state index is 12.7. The van der Waals surface area contributed by atoms with E-state index >= 15 is 0 Å². The highest BCUT2D eigenvalue weighted by Gasteiger charge is 2.25. The van der Waals surface area contributed by atoms with Crippen LogP contribution in [0, 0.1) is 13.8 Å². The Morgan fingerprint density at radius 1 is 1.03 bits per heavy atom. The molecule has 0 radical (unpaired) electrons. The Kier molecular flexibility index (Phi) is 6.11. The van der Waals surface area contributed by atoms with Crippen LogP contribution in [0.2, 0.25) is 0 Å². The fourth-order valence-electron chi connectivity index (χ4n) is 3.24. The largest absolute Gasteiger partial charge is 0.462 e. The Balaban J connectivity index is 1.95. The summed E-state index contributed by atoms with van der Waals surface area (Å²) in [5.41, 5.74) is 3.43. The second kappa shape index (κ2) is 8.73. The highest BCUT2D eigenvalue weighted by atomic mass is 16.5. The lowest BCUT2D eigenvalue weighted by molar-refractivity contribution is -0.112. The molecule has 0 aliphatic rings. The molecule has 7 heteroatoms. The second-order valence-corrected chi connectivity index (χ2v) is 6.80. The van der Waals surface area contributed by atoms with Gasteiger partial charge in [0, 0.05) is 12.7 Å². The zero-order valence-corrected chi connectivity index (χ0v) is 17.4. The van der Waals surface area contributed by atoms with Crippen molar-refractivity contribution in [2.24, 2.45) is 7.05 Å². The number of ether oxygens (including phenoxy) is 1. The average molecular weight is 405 g/mol. The van der Waals surface area contributed by atoms with Crippen molar-refractivity contribution in [3.8, 4) is 11.1 Å². The molecule has 1 heterocycles. The number of anilines is 1. The quantitative estimate of drug-likeness (QED) is 0.384. The minimum absolute atomic E-state index is 0.180. The summed E-state index contributed by atoms with van der Waals surface area (Å²) in [6.07, 6.45) is 0. The van der Waals surface area contributed by atoms with Crippen molar-refractivity contribution in [2.75, 3.05) is 11.9 Å². The molecule has 1 amide bonds. The molecule has 0 atom stereocenters. The molecule has 0 saturated heterocycles. The van der Waals surface area contributed by atoms with Crippen LogP contribution in [0.3, 0.4) is 0 Å². The van der Waals surface area contributed by atoms with Crippen LogP contribution < -0.4 is 5.32 Å². The molecular formula is C23H23N3O4. The fourth-order valence-corrected chi connectivity index (χ4v) is 3.24. The molecule has 154 valence electrons. The maximum absolute atomic E-state index is 12.7. The standard InChI is InChI=1S/C23H23N3O4/c1-5-30-23(29)18-13-17(16-9-7-6-8-10-16)11-12-19(18)24-22(28)21(27)20-14(2)25-26(4)15(20)3/h6-13H,5H2,1-4H3,(H,24,28). The van der Waals surface area contributed by atoms with E-state index in [1.807, 2.05) is 30.3 Å². The van der Waals surface area contributed by atoms with Crippen molar-refractivity contribution < 1.29 is 19.1 Å². The highest BCUT2D eigenvalue weighted by Crippen LogP contribution is 2.26. The molecule has 0 aliphatic carbocycles. The molecule has 1 N–H and O–H groups in total. The maximum Gasteiger partial charge on any atom is 0.340 e. The van der Waals surface area contributed by atoms with Crippen molar-refractivity contribution >= 4 is 23.3 Å². The summed E-state index contributed by atoms with van der Waals surface area (Å²) in [6, 6.07) is 14.5. The van der Waals surface area contributed by atoms with Gasteiger partial charge in [0.1, 0.15) is 0 Å². The van der Waals surface area contributed by atoms with E-state index in [-0.39, 0.29) is 23.4 Å². The third-order valence-electron chi connectivity index (χ3n) is 4.81. The monoisotopic (exact) mass is 405 g/mol. The lowest BCUT2D eigenvalue weighted by Crippen LogP contribution is -2.25. The van der Waals surface area contributed by atoms with Gasteiger partial charge in [-0.25, -0.2) is 4.79 Å². The van der Waals surface area contributed by atoms with E-state index in [4.69, 9.17) is 4.74 Å². The number of carbonyl (C=O) groups is 3. The number of hydrogen-bond acceptors (Lipinski definition) is 5. The van der Waals surface area contributed by atoms with Crippen molar-refractivity contribution in [1.82, 2.24) is 9.78 Å². The number of aromatic nitrogens is 2. The molecule has 0 spiro atoms. The van der Waals surface area contributed by atoms with Crippen LogP contribution in [-0.2, 0) is 16.6 Å². The lowest BCUT2D eigenvalue weighted by atomic mass is 10.0. The molecule has 1 aromatic heterocycles. The van der Waals surface area contributed by atoms with Gasteiger partial charge in [-0.1, -0.05) is 36.4 Å². The van der Waals surface area contributed by atoms with Gasteiger partial charge in [0.25, 0.3) is 11.7 Å². The number of benzene rings is 2. The summed E-state index contributed by atoms with van der Waals surface area (Å²) in [5, 5.41) is 6.74. The number of nitrogens with zero attached hydrogens (tertiary/aromatic N) is 2. The molecule has 2 aromatic carbocycles. The predicted molar refractivity (Wildman–Crippen MR) is 113 cm³/mol. The highest BCUT2D eigenvalue weighted by molar-refractivity contribution is 6.47. The molecule has 0 aliphatic heterocycles. The van der Waals surface area contributed by atoms with Gasteiger partial charge in [-0.05, 0) is 44.0 Å². The molecule has 0 bridgehead atoms. The van der Waals surface area contributed by atoms with E-state index in [9.17, 15) is 14.4 Å². The fraction of sp³-hybridized carbons (Fsp3) is 0.217. The Morgan fingerprint density at radius 2 is 1.73 bits per heavy atom. The Bertz CT molecular complexity index is 1120. The number of rotatable bonds is 6. The first-order valence-electron chi connectivity index (χ1n) is 9.56. The lowest BCUT2D eigenvalue weighted by Gasteiger charge is -2.12. The number of nitrogens with one attached hydrogen (secondary N) is 1. The third kappa shape index (κ3) is 4.15. The number of esters is 1. The van der Waals surface area contributed by atoms with Crippen molar-refractivity contribution in [3.63, 3.8) is 0 Å². The zero-order chi connectivity index (χ0) is 21.8. The van der Waals surface area contributed by atoms with Crippen LogP contribution in [0.25, 0.3) is 11.1 Å². The number of Topliss-reactive ketones (excluding diaryl/α,β-unsaturated/α-hetero) is 1. The summed E-state index contributed by atoms with van der Waals surface area (Å²) < 4.78 is 6.69. The second-order valence-electron chi connectivity index (χ2n) is 6.80. The van der Waals surface area contributed by atoms with Crippen LogP contribution in [0.5, 0.6) is 0 Å². The van der Waals surface area contributed by atoms with Crippen LogP contribution in [-0.4, -0.2) is 34.0 Å². The van der Waals surface area contributed by atoms with Gasteiger partial charge in [-0.2, -0.15) is 5.10 Å². The number of hydrogen-bond donors (Lipinski definition) is 1. The van der Waals surface area contributed by atoms with Crippen LogP contribution in [0.15, 0.2) is 48.5 Å². The number of carbonyl (C=O) groups excluding carboxylic acids is 3. The van der Waals surface area contributed by atoms with Gasteiger partial charge in [0.2, 0.25) is 0 Å². The Hall–Kier alpha value is -3.74. The Morgan fingerprint density at radius 3 is 2.33 bits per heavy atom. The van der Waals surface area contributed by atoms with Crippen LogP contribution >= 0.6 is 0 Å². The minimum atomic E-state index is -0.841. The summed E-state index contributed by atoms with van der Waals surface area (Å²) in [6.45, 7) is 5.29. The van der Waals surface area contributed by atoms with Gasteiger partial charge >= 0.3 is 5.97 Å². The molecule has 3 aromatic rings. The molecule has 0 saturated carbocycles. The first-order chi connectivity index (χ1) is 14.3. The van der Waals surface area contributed by atoms with Gasteiger partial charge < -0.3 is 10.1 Å². The molecule has 7 nitrogen and oxygen atoms in total. The number of aryl methyl sites for hydroxylation is 2. The molecular weight excluding hydrogens is 382 g/mol. The molecule has 30 heavy (non-hydrogen) atoms. The average Bonchev–Trinajstić information content (AvgIpc) is 2.99.